The summed E-state index contributed by atoms with van der Waals surface area (Å²) in [7, 11) is 1.55. The van der Waals surface area contributed by atoms with Crippen LogP contribution in [0.3, 0.4) is 0 Å². The van der Waals surface area contributed by atoms with E-state index in [4.69, 9.17) is 21.1 Å². The maximum Gasteiger partial charge on any atom is 0.306 e. The molecule has 0 spiro atoms. The second-order valence-electron chi connectivity index (χ2n) is 5.44. The average Bonchev–Trinajstić information content (AvgIpc) is 2.66. The second kappa shape index (κ2) is 9.54. The fraction of sp³-hybridized carbons (Fsp3) is 0.222. The summed E-state index contributed by atoms with van der Waals surface area (Å²) in [6, 6.07) is 10.9. The van der Waals surface area contributed by atoms with Crippen LogP contribution in [0, 0.1) is 10.1 Å². The summed E-state index contributed by atoms with van der Waals surface area (Å²) < 4.78 is 10.1. The molecule has 1 N–H and O–H groups in total. The van der Waals surface area contributed by atoms with Crippen LogP contribution in [0.1, 0.15) is 12.0 Å². The molecule has 0 atom stereocenters. The summed E-state index contributed by atoms with van der Waals surface area (Å²) in [5.41, 5.74) is 0.858. The van der Waals surface area contributed by atoms with E-state index >= 15 is 0 Å². The Morgan fingerprint density at radius 3 is 2.63 bits per heavy atom. The fourth-order valence-corrected chi connectivity index (χ4v) is 2.49. The highest BCUT2D eigenvalue weighted by Crippen LogP contribution is 2.26. The number of anilines is 1. The lowest BCUT2D eigenvalue weighted by Gasteiger charge is -2.09. The van der Waals surface area contributed by atoms with Crippen molar-refractivity contribution in [3.8, 4) is 5.75 Å². The van der Waals surface area contributed by atoms with Crippen LogP contribution in [0.25, 0.3) is 0 Å². The number of nitro groups is 1. The number of hydrogen-bond donors (Lipinski definition) is 1. The lowest BCUT2D eigenvalue weighted by Crippen LogP contribution is -2.21. The van der Waals surface area contributed by atoms with Crippen LogP contribution >= 0.6 is 11.6 Å². The Kier molecular flexibility index (Phi) is 7.13. The zero-order valence-corrected chi connectivity index (χ0v) is 15.2. The van der Waals surface area contributed by atoms with Crippen molar-refractivity contribution in [2.75, 3.05) is 19.0 Å². The highest BCUT2D eigenvalue weighted by Gasteiger charge is 2.13. The quantitative estimate of drug-likeness (QED) is 0.419. The largest absolute Gasteiger partial charge is 0.496 e. The van der Waals surface area contributed by atoms with Gasteiger partial charge in [0, 0.05) is 18.6 Å². The number of nitrogens with one attached hydrogen (secondary N) is 1. The molecular formula is C18H17ClN2O6. The molecule has 0 aliphatic heterocycles. The molecule has 0 fully saturated rings. The third-order valence-corrected chi connectivity index (χ3v) is 3.91. The average molecular weight is 393 g/mol. The molecule has 0 unspecified atom stereocenters. The van der Waals surface area contributed by atoms with Crippen molar-refractivity contribution in [3.63, 3.8) is 0 Å². The predicted octanol–water partition coefficient (Wildman–Crippen LogP) is 3.37. The van der Waals surface area contributed by atoms with Gasteiger partial charge in [-0.05, 0) is 24.1 Å². The number of halogens is 1. The molecule has 0 radical (unpaired) electrons. The van der Waals surface area contributed by atoms with Gasteiger partial charge in [-0.15, -0.1) is 0 Å². The van der Waals surface area contributed by atoms with Gasteiger partial charge in [0.25, 0.3) is 11.6 Å². The van der Waals surface area contributed by atoms with Crippen LogP contribution in [-0.4, -0.2) is 30.5 Å². The number of carbonyl (C=O) groups is 2. The molecule has 0 aromatic heterocycles. The Bertz CT molecular complexity index is 855. The van der Waals surface area contributed by atoms with Crippen LogP contribution in [0.4, 0.5) is 11.4 Å². The summed E-state index contributed by atoms with van der Waals surface area (Å²) in [5.74, 6) is -0.460. The minimum absolute atomic E-state index is 0.0139. The molecule has 0 heterocycles. The third kappa shape index (κ3) is 5.96. The Labute approximate surface area is 160 Å². The molecule has 9 heteroatoms. The van der Waals surface area contributed by atoms with Crippen molar-refractivity contribution in [2.24, 2.45) is 0 Å². The van der Waals surface area contributed by atoms with Crippen molar-refractivity contribution >= 4 is 34.9 Å². The van der Waals surface area contributed by atoms with Gasteiger partial charge in [0.2, 0.25) is 0 Å². The van der Waals surface area contributed by atoms with E-state index < -0.39 is 23.4 Å². The molecule has 0 saturated heterocycles. The Hall–Kier alpha value is -3.13. The number of benzene rings is 2. The first-order valence-electron chi connectivity index (χ1n) is 7.92. The van der Waals surface area contributed by atoms with E-state index in [0.717, 1.165) is 11.6 Å². The molecule has 0 bridgehead atoms. The van der Waals surface area contributed by atoms with E-state index in [2.05, 4.69) is 5.32 Å². The lowest BCUT2D eigenvalue weighted by atomic mass is 10.1. The van der Waals surface area contributed by atoms with E-state index in [1.165, 1.54) is 12.1 Å². The van der Waals surface area contributed by atoms with Gasteiger partial charge >= 0.3 is 5.97 Å². The molecule has 0 aliphatic carbocycles. The molecule has 2 rings (SSSR count). The second-order valence-corrected chi connectivity index (χ2v) is 5.85. The van der Waals surface area contributed by atoms with Gasteiger partial charge in [0.05, 0.1) is 22.7 Å². The number of non-ortho nitro benzene ring substituents is 1. The minimum Gasteiger partial charge on any atom is -0.496 e. The van der Waals surface area contributed by atoms with Crippen LogP contribution in [0.5, 0.6) is 5.75 Å². The van der Waals surface area contributed by atoms with Crippen molar-refractivity contribution in [2.45, 2.75) is 12.8 Å². The highest BCUT2D eigenvalue weighted by molar-refractivity contribution is 6.34. The number of methoxy groups -OCH3 is 1. The number of ether oxygens (including phenoxy) is 2. The number of carbonyl (C=O) groups excluding carboxylic acids is 2. The van der Waals surface area contributed by atoms with E-state index in [9.17, 15) is 19.7 Å². The van der Waals surface area contributed by atoms with Gasteiger partial charge in [-0.3, -0.25) is 19.7 Å². The molecule has 142 valence electrons. The zero-order chi connectivity index (χ0) is 19.8. The van der Waals surface area contributed by atoms with Gasteiger partial charge in [-0.1, -0.05) is 29.8 Å². The number of amides is 1. The van der Waals surface area contributed by atoms with Gasteiger partial charge in [-0.2, -0.15) is 0 Å². The summed E-state index contributed by atoms with van der Waals surface area (Å²) in [6.07, 6.45) is 0.505. The van der Waals surface area contributed by atoms with Gasteiger partial charge < -0.3 is 14.8 Å². The first-order valence-corrected chi connectivity index (χ1v) is 8.30. The topological polar surface area (TPSA) is 108 Å². The Balaban J connectivity index is 1.81. The van der Waals surface area contributed by atoms with Crippen LogP contribution in [0.2, 0.25) is 5.02 Å². The van der Waals surface area contributed by atoms with Gasteiger partial charge in [0.15, 0.2) is 6.61 Å². The number of nitro benzene ring substituents is 1. The van der Waals surface area contributed by atoms with Crippen molar-refractivity contribution in [1.82, 2.24) is 0 Å². The molecule has 2 aromatic carbocycles. The van der Waals surface area contributed by atoms with Crippen LogP contribution in [0.15, 0.2) is 42.5 Å². The van der Waals surface area contributed by atoms with E-state index in [0.29, 0.717) is 12.2 Å². The minimum atomic E-state index is -0.601. The summed E-state index contributed by atoms with van der Waals surface area (Å²) in [4.78, 5) is 33.7. The van der Waals surface area contributed by atoms with E-state index in [1.807, 2.05) is 18.2 Å². The molecule has 1 amide bonds. The van der Waals surface area contributed by atoms with Gasteiger partial charge in [0.1, 0.15) is 5.75 Å². The normalized spacial score (nSPS) is 10.1. The van der Waals surface area contributed by atoms with E-state index in [-0.39, 0.29) is 22.8 Å². The van der Waals surface area contributed by atoms with Crippen LogP contribution in [-0.2, 0) is 20.7 Å². The fourth-order valence-electron chi connectivity index (χ4n) is 2.27. The summed E-state index contributed by atoms with van der Waals surface area (Å²) >= 11 is 5.89. The number of aryl methyl sites for hydroxylation is 1. The highest BCUT2D eigenvalue weighted by atomic mass is 35.5. The monoisotopic (exact) mass is 392 g/mol. The standard InChI is InChI=1S/C18H17ClN2O6/c1-26-16-5-3-2-4-12(16)6-9-18(23)27-11-17(22)20-15-8-7-13(21(24)25)10-14(15)19/h2-5,7-8,10H,6,9,11H2,1H3,(H,20,22). The third-order valence-electron chi connectivity index (χ3n) is 3.59. The lowest BCUT2D eigenvalue weighted by molar-refractivity contribution is -0.384. The number of rotatable bonds is 8. The smallest absolute Gasteiger partial charge is 0.306 e. The molecular weight excluding hydrogens is 376 g/mol. The van der Waals surface area contributed by atoms with Crippen molar-refractivity contribution in [1.29, 1.82) is 0 Å². The van der Waals surface area contributed by atoms with Crippen molar-refractivity contribution in [3.05, 3.63) is 63.2 Å². The molecule has 0 aliphatic rings. The maximum atomic E-state index is 11.9. The number of hydrogen-bond acceptors (Lipinski definition) is 6. The number of para-hydroxylation sites is 1. The number of nitrogens with zero attached hydrogens (tertiary/aromatic N) is 1. The predicted molar refractivity (Wildman–Crippen MR) is 99.0 cm³/mol. The van der Waals surface area contributed by atoms with Crippen molar-refractivity contribution < 1.29 is 24.0 Å². The summed E-state index contributed by atoms with van der Waals surface area (Å²) in [5, 5.41) is 13.1. The van der Waals surface area contributed by atoms with E-state index in [1.54, 1.807) is 13.2 Å². The first kappa shape index (κ1) is 20.2. The molecule has 27 heavy (non-hydrogen) atoms. The molecule has 8 nitrogen and oxygen atoms in total. The summed E-state index contributed by atoms with van der Waals surface area (Å²) in [6.45, 7) is -0.488. The number of esters is 1. The van der Waals surface area contributed by atoms with Crippen LogP contribution < -0.4 is 10.1 Å². The molecule has 0 saturated carbocycles. The zero-order valence-electron chi connectivity index (χ0n) is 14.4. The van der Waals surface area contributed by atoms with Gasteiger partial charge in [-0.25, -0.2) is 0 Å². The Morgan fingerprint density at radius 1 is 1.22 bits per heavy atom. The SMILES string of the molecule is COc1ccccc1CCC(=O)OCC(=O)Nc1ccc([N+](=O)[O-])cc1Cl. The first-order chi connectivity index (χ1) is 12.9. The molecule has 2 aromatic rings. The maximum absolute atomic E-state index is 11.9. The Morgan fingerprint density at radius 2 is 1.96 bits per heavy atom.